The number of nitrogens with two attached hydrogens (primary N) is 1. The molecule has 1 aliphatic rings. The number of hydrogen-bond donors (Lipinski definition) is 1. The van der Waals surface area contributed by atoms with Gasteiger partial charge in [0.1, 0.15) is 0 Å². The van der Waals surface area contributed by atoms with Gasteiger partial charge in [-0.15, -0.1) is 12.4 Å². The van der Waals surface area contributed by atoms with E-state index in [1.165, 1.54) is 12.8 Å². The van der Waals surface area contributed by atoms with Gasteiger partial charge < -0.3 is 10.3 Å². The molecular formula is C9H16ClN3O. The molecule has 1 atom stereocenters. The highest BCUT2D eigenvalue weighted by atomic mass is 35.5. The molecule has 1 fully saturated rings. The molecule has 1 heterocycles. The average Bonchev–Trinajstić information content (AvgIpc) is 2.70. The largest absolute Gasteiger partial charge is 0.340 e. The van der Waals surface area contributed by atoms with Gasteiger partial charge in [0.05, 0.1) is 5.54 Å². The number of halogens is 1. The Balaban J connectivity index is 0.000000980. The summed E-state index contributed by atoms with van der Waals surface area (Å²) in [7, 11) is 0. The van der Waals surface area contributed by atoms with Crippen molar-refractivity contribution >= 4 is 12.4 Å². The molecule has 2 rings (SSSR count). The Bertz CT molecular complexity index is 307. The highest BCUT2D eigenvalue weighted by Gasteiger charge is 2.34. The van der Waals surface area contributed by atoms with Crippen molar-refractivity contribution in [2.45, 2.75) is 38.6 Å². The minimum absolute atomic E-state index is 0. The molecule has 1 aromatic heterocycles. The summed E-state index contributed by atoms with van der Waals surface area (Å²) in [6.45, 7) is 3.75. The Morgan fingerprint density at radius 2 is 2.21 bits per heavy atom. The molecule has 0 amide bonds. The third kappa shape index (κ3) is 2.45. The van der Waals surface area contributed by atoms with Crippen LogP contribution < -0.4 is 5.73 Å². The van der Waals surface area contributed by atoms with Gasteiger partial charge in [0.2, 0.25) is 5.89 Å². The van der Waals surface area contributed by atoms with Gasteiger partial charge in [-0.2, -0.15) is 4.98 Å². The van der Waals surface area contributed by atoms with Crippen LogP contribution in [0.25, 0.3) is 0 Å². The summed E-state index contributed by atoms with van der Waals surface area (Å²) < 4.78 is 4.91. The van der Waals surface area contributed by atoms with Crippen molar-refractivity contribution in [2.75, 3.05) is 0 Å². The first-order valence-electron chi connectivity index (χ1n) is 4.67. The first kappa shape index (κ1) is 11.5. The Morgan fingerprint density at radius 1 is 1.57 bits per heavy atom. The van der Waals surface area contributed by atoms with E-state index in [1.54, 1.807) is 6.92 Å². The minimum Gasteiger partial charge on any atom is -0.340 e. The fourth-order valence-electron chi connectivity index (χ4n) is 1.54. The molecule has 0 aromatic carbocycles. The van der Waals surface area contributed by atoms with Crippen LogP contribution in [0, 0.1) is 12.8 Å². The van der Waals surface area contributed by atoms with Crippen LogP contribution >= 0.6 is 12.4 Å². The molecule has 0 spiro atoms. The van der Waals surface area contributed by atoms with Gasteiger partial charge in [-0.1, -0.05) is 18.0 Å². The molecule has 2 N–H and O–H groups in total. The molecule has 0 radical (unpaired) electrons. The van der Waals surface area contributed by atoms with Crippen molar-refractivity contribution < 1.29 is 4.52 Å². The molecule has 0 unspecified atom stereocenters. The molecule has 1 aromatic rings. The highest BCUT2D eigenvalue weighted by molar-refractivity contribution is 5.85. The van der Waals surface area contributed by atoms with Crippen LogP contribution in [0.15, 0.2) is 4.52 Å². The van der Waals surface area contributed by atoms with E-state index in [4.69, 9.17) is 10.3 Å². The summed E-state index contributed by atoms with van der Waals surface area (Å²) in [4.78, 5) is 4.16. The van der Waals surface area contributed by atoms with Crippen molar-refractivity contribution in [3.05, 3.63) is 11.7 Å². The average molecular weight is 218 g/mol. The van der Waals surface area contributed by atoms with E-state index in [0.29, 0.717) is 11.7 Å². The van der Waals surface area contributed by atoms with Gasteiger partial charge in [0.15, 0.2) is 5.82 Å². The van der Waals surface area contributed by atoms with Crippen LogP contribution in [0.3, 0.4) is 0 Å². The van der Waals surface area contributed by atoms with Gasteiger partial charge in [-0.05, 0) is 19.3 Å². The third-order valence-electron chi connectivity index (χ3n) is 2.45. The van der Waals surface area contributed by atoms with Crippen LogP contribution in [0.1, 0.15) is 37.9 Å². The first-order valence-corrected chi connectivity index (χ1v) is 4.67. The van der Waals surface area contributed by atoms with E-state index in [-0.39, 0.29) is 12.4 Å². The lowest BCUT2D eigenvalue weighted by atomic mass is 9.95. The van der Waals surface area contributed by atoms with Crippen molar-refractivity contribution in [2.24, 2.45) is 11.7 Å². The molecular weight excluding hydrogens is 202 g/mol. The van der Waals surface area contributed by atoms with E-state index < -0.39 is 5.54 Å². The molecule has 4 nitrogen and oxygen atoms in total. The summed E-state index contributed by atoms with van der Waals surface area (Å²) in [6.07, 6.45) is 3.55. The lowest BCUT2D eigenvalue weighted by Crippen LogP contribution is -2.34. The van der Waals surface area contributed by atoms with E-state index in [1.807, 2.05) is 6.92 Å². The summed E-state index contributed by atoms with van der Waals surface area (Å²) >= 11 is 0. The third-order valence-corrected chi connectivity index (χ3v) is 2.45. The molecule has 80 valence electrons. The lowest BCUT2D eigenvalue weighted by molar-refractivity contribution is 0.347. The van der Waals surface area contributed by atoms with Crippen LogP contribution in [0.2, 0.25) is 0 Å². The Morgan fingerprint density at radius 3 is 2.64 bits per heavy atom. The zero-order valence-corrected chi connectivity index (χ0v) is 9.30. The van der Waals surface area contributed by atoms with Gasteiger partial charge in [0.25, 0.3) is 0 Å². The van der Waals surface area contributed by atoms with E-state index >= 15 is 0 Å². The zero-order chi connectivity index (χ0) is 9.47. The molecule has 14 heavy (non-hydrogen) atoms. The van der Waals surface area contributed by atoms with E-state index in [0.717, 1.165) is 12.3 Å². The standard InChI is InChI=1S/C9H15N3O.ClH/c1-6-11-8(12-13-6)9(2,10)5-7-3-4-7;/h7H,3-5,10H2,1-2H3;1H/t9-;/m1./s1. The normalized spacial score (nSPS) is 19.9. The number of aryl methyl sites for hydroxylation is 1. The molecule has 5 heteroatoms. The SMILES string of the molecule is Cc1nc([C@](C)(N)CC2CC2)no1.Cl. The monoisotopic (exact) mass is 217 g/mol. The Kier molecular flexibility index (Phi) is 3.17. The molecule has 1 saturated carbocycles. The van der Waals surface area contributed by atoms with Gasteiger partial charge in [0, 0.05) is 6.92 Å². The van der Waals surface area contributed by atoms with Crippen LogP contribution in [0.5, 0.6) is 0 Å². The fraction of sp³-hybridized carbons (Fsp3) is 0.778. The number of aromatic nitrogens is 2. The maximum atomic E-state index is 6.11. The van der Waals surface area contributed by atoms with Crippen molar-refractivity contribution in [1.29, 1.82) is 0 Å². The van der Waals surface area contributed by atoms with Crippen molar-refractivity contribution in [1.82, 2.24) is 10.1 Å². The number of hydrogen-bond acceptors (Lipinski definition) is 4. The predicted molar refractivity (Wildman–Crippen MR) is 55.2 cm³/mol. The quantitative estimate of drug-likeness (QED) is 0.838. The van der Waals surface area contributed by atoms with Crippen molar-refractivity contribution in [3.63, 3.8) is 0 Å². The number of rotatable bonds is 3. The van der Waals surface area contributed by atoms with Crippen molar-refractivity contribution in [3.8, 4) is 0 Å². The smallest absolute Gasteiger partial charge is 0.223 e. The highest BCUT2D eigenvalue weighted by Crippen LogP contribution is 2.38. The second kappa shape index (κ2) is 3.87. The van der Waals surface area contributed by atoms with Gasteiger partial charge >= 0.3 is 0 Å². The van der Waals surface area contributed by atoms with Gasteiger partial charge in [-0.25, -0.2) is 0 Å². The molecule has 0 bridgehead atoms. The zero-order valence-electron chi connectivity index (χ0n) is 8.49. The van der Waals surface area contributed by atoms with Crippen LogP contribution in [0.4, 0.5) is 0 Å². The summed E-state index contributed by atoms with van der Waals surface area (Å²) in [6, 6.07) is 0. The van der Waals surface area contributed by atoms with E-state index in [2.05, 4.69) is 10.1 Å². The molecule has 0 aliphatic heterocycles. The topological polar surface area (TPSA) is 64.9 Å². The maximum absolute atomic E-state index is 6.11. The number of nitrogens with zero attached hydrogens (tertiary/aromatic N) is 2. The minimum atomic E-state index is -0.418. The van der Waals surface area contributed by atoms with E-state index in [9.17, 15) is 0 Å². The summed E-state index contributed by atoms with van der Waals surface area (Å²) in [5.41, 5.74) is 5.69. The van der Waals surface area contributed by atoms with Gasteiger partial charge in [-0.3, -0.25) is 0 Å². The van der Waals surface area contributed by atoms with Crippen LogP contribution in [-0.4, -0.2) is 10.1 Å². The molecule has 0 saturated heterocycles. The first-order chi connectivity index (χ1) is 6.08. The fourth-order valence-corrected chi connectivity index (χ4v) is 1.54. The Hall–Kier alpha value is -0.610. The summed E-state index contributed by atoms with van der Waals surface area (Å²) in [5.74, 6) is 1.99. The second-order valence-corrected chi connectivity index (χ2v) is 4.20. The lowest BCUT2D eigenvalue weighted by Gasteiger charge is -2.19. The maximum Gasteiger partial charge on any atom is 0.223 e. The second-order valence-electron chi connectivity index (χ2n) is 4.20. The Labute approximate surface area is 89.7 Å². The molecule has 1 aliphatic carbocycles. The predicted octanol–water partition coefficient (Wildman–Crippen LogP) is 1.77. The summed E-state index contributed by atoms with van der Waals surface area (Å²) in [5, 5.41) is 3.86. The van der Waals surface area contributed by atoms with Crippen LogP contribution in [-0.2, 0) is 5.54 Å².